The molecule has 0 spiro atoms. The number of carbonyl (C=O) groups excluding carboxylic acids is 2. The van der Waals surface area contributed by atoms with Crippen LogP contribution in [-0.4, -0.2) is 35.3 Å². The lowest BCUT2D eigenvalue weighted by Gasteiger charge is -2.37. The summed E-state index contributed by atoms with van der Waals surface area (Å²) in [5.74, 6) is 0.755. The lowest BCUT2D eigenvalue weighted by molar-refractivity contribution is -0.149. The first kappa shape index (κ1) is 15.0. The third kappa shape index (κ3) is 3.72. The van der Waals surface area contributed by atoms with Crippen molar-refractivity contribution in [1.82, 2.24) is 10.2 Å². The van der Waals surface area contributed by atoms with Crippen LogP contribution < -0.4 is 5.32 Å². The van der Waals surface area contributed by atoms with Crippen molar-refractivity contribution < 1.29 is 9.59 Å². The molecular weight excluding hydrogens is 228 g/mol. The number of rotatable bonds is 6. The van der Waals surface area contributed by atoms with E-state index < -0.39 is 0 Å². The standard InChI is InChI=1S/C14H26N2O2/c1-5-12-13(17)15-11(4)14(18)16(12)9-7-6-8-10(2)3/h10-12H,5-9H2,1-4H3,(H,15,17). The van der Waals surface area contributed by atoms with E-state index in [-0.39, 0.29) is 23.9 Å². The molecule has 1 rings (SSSR count). The van der Waals surface area contributed by atoms with Crippen LogP contribution in [0.15, 0.2) is 0 Å². The highest BCUT2D eigenvalue weighted by Gasteiger charge is 2.36. The van der Waals surface area contributed by atoms with Gasteiger partial charge in [0.15, 0.2) is 0 Å². The highest BCUT2D eigenvalue weighted by Crippen LogP contribution is 2.15. The molecule has 18 heavy (non-hydrogen) atoms. The Bertz CT molecular complexity index is 302. The lowest BCUT2D eigenvalue weighted by Crippen LogP contribution is -2.62. The normalized spacial score (nSPS) is 24.6. The van der Waals surface area contributed by atoms with Crippen molar-refractivity contribution in [3.05, 3.63) is 0 Å². The molecule has 1 saturated heterocycles. The highest BCUT2D eigenvalue weighted by molar-refractivity contribution is 5.96. The van der Waals surface area contributed by atoms with Crippen LogP contribution >= 0.6 is 0 Å². The molecule has 2 atom stereocenters. The monoisotopic (exact) mass is 254 g/mol. The number of nitrogens with zero attached hydrogens (tertiary/aromatic N) is 1. The Hall–Kier alpha value is -1.06. The van der Waals surface area contributed by atoms with Gasteiger partial charge in [-0.25, -0.2) is 0 Å². The minimum absolute atomic E-state index is 0.00606. The summed E-state index contributed by atoms with van der Waals surface area (Å²) in [6.07, 6.45) is 3.98. The quantitative estimate of drug-likeness (QED) is 0.736. The SMILES string of the molecule is CCC1C(=O)NC(C)C(=O)N1CCCCC(C)C. The van der Waals surface area contributed by atoms with E-state index in [1.807, 2.05) is 6.92 Å². The number of hydrogen-bond acceptors (Lipinski definition) is 2. The molecule has 4 nitrogen and oxygen atoms in total. The van der Waals surface area contributed by atoms with Crippen molar-refractivity contribution in [2.45, 2.75) is 65.5 Å². The van der Waals surface area contributed by atoms with E-state index in [4.69, 9.17) is 0 Å². The van der Waals surface area contributed by atoms with E-state index >= 15 is 0 Å². The minimum atomic E-state index is -0.370. The van der Waals surface area contributed by atoms with Crippen LogP contribution in [0.25, 0.3) is 0 Å². The maximum Gasteiger partial charge on any atom is 0.245 e. The van der Waals surface area contributed by atoms with Crippen LogP contribution in [0.2, 0.25) is 0 Å². The number of hydrogen-bond donors (Lipinski definition) is 1. The molecule has 0 aromatic carbocycles. The van der Waals surface area contributed by atoms with Gasteiger partial charge in [0.05, 0.1) is 0 Å². The van der Waals surface area contributed by atoms with Crippen molar-refractivity contribution in [1.29, 1.82) is 0 Å². The van der Waals surface area contributed by atoms with Gasteiger partial charge in [0.25, 0.3) is 0 Å². The predicted octanol–water partition coefficient (Wildman–Crippen LogP) is 1.94. The Labute approximate surface area is 110 Å². The van der Waals surface area contributed by atoms with Gasteiger partial charge in [-0.05, 0) is 25.7 Å². The highest BCUT2D eigenvalue weighted by atomic mass is 16.2. The van der Waals surface area contributed by atoms with Crippen LogP contribution in [0.5, 0.6) is 0 Å². The summed E-state index contributed by atoms with van der Waals surface area (Å²) in [4.78, 5) is 25.7. The van der Waals surface area contributed by atoms with E-state index in [1.54, 1.807) is 11.8 Å². The molecule has 0 aliphatic carbocycles. The molecule has 2 amide bonds. The molecule has 0 bridgehead atoms. The second-order valence-electron chi connectivity index (χ2n) is 5.58. The Kier molecular flexibility index (Phi) is 5.63. The number of unbranched alkanes of at least 4 members (excludes halogenated alkanes) is 1. The zero-order valence-electron chi connectivity index (χ0n) is 12.0. The second kappa shape index (κ2) is 6.76. The summed E-state index contributed by atoms with van der Waals surface area (Å²) in [5.41, 5.74) is 0. The minimum Gasteiger partial charge on any atom is -0.343 e. The number of amides is 2. The zero-order chi connectivity index (χ0) is 13.7. The first-order valence-electron chi connectivity index (χ1n) is 7.08. The topological polar surface area (TPSA) is 49.4 Å². The summed E-state index contributed by atoms with van der Waals surface area (Å²) in [6, 6.07) is -0.641. The van der Waals surface area contributed by atoms with Crippen LogP contribution in [0.1, 0.15) is 53.4 Å². The van der Waals surface area contributed by atoms with Gasteiger partial charge in [-0.15, -0.1) is 0 Å². The van der Waals surface area contributed by atoms with Gasteiger partial charge < -0.3 is 10.2 Å². The van der Waals surface area contributed by atoms with Crippen LogP contribution in [0.3, 0.4) is 0 Å². The first-order chi connectivity index (χ1) is 8.47. The molecule has 2 unspecified atom stereocenters. The molecule has 104 valence electrons. The molecule has 1 aliphatic heterocycles. The molecule has 0 aromatic heterocycles. The summed E-state index contributed by atoms with van der Waals surface area (Å²) in [6.45, 7) is 8.83. The number of carbonyl (C=O) groups is 2. The maximum absolute atomic E-state index is 12.1. The van der Waals surface area contributed by atoms with Crippen molar-refractivity contribution in [3.8, 4) is 0 Å². The first-order valence-corrected chi connectivity index (χ1v) is 7.08. The smallest absolute Gasteiger partial charge is 0.245 e. The molecule has 1 aliphatic rings. The van der Waals surface area contributed by atoms with Gasteiger partial charge in [-0.3, -0.25) is 9.59 Å². The summed E-state index contributed by atoms with van der Waals surface area (Å²) >= 11 is 0. The van der Waals surface area contributed by atoms with E-state index in [9.17, 15) is 9.59 Å². The molecule has 1 N–H and O–H groups in total. The van der Waals surface area contributed by atoms with Gasteiger partial charge in [0, 0.05) is 6.54 Å². The van der Waals surface area contributed by atoms with Crippen molar-refractivity contribution in [2.24, 2.45) is 5.92 Å². The van der Waals surface area contributed by atoms with E-state index in [0.29, 0.717) is 18.9 Å². The Morgan fingerprint density at radius 3 is 2.50 bits per heavy atom. The van der Waals surface area contributed by atoms with Gasteiger partial charge >= 0.3 is 0 Å². The Morgan fingerprint density at radius 2 is 1.94 bits per heavy atom. The number of piperazine rings is 1. The van der Waals surface area contributed by atoms with Crippen LogP contribution in [0.4, 0.5) is 0 Å². The molecular formula is C14H26N2O2. The second-order valence-corrected chi connectivity index (χ2v) is 5.58. The van der Waals surface area contributed by atoms with Crippen molar-refractivity contribution >= 4 is 11.8 Å². The Morgan fingerprint density at radius 1 is 1.28 bits per heavy atom. The summed E-state index contributed by atoms with van der Waals surface area (Å²) in [5, 5.41) is 2.74. The number of nitrogens with one attached hydrogen (secondary N) is 1. The lowest BCUT2D eigenvalue weighted by atomic mass is 10.0. The van der Waals surface area contributed by atoms with Gasteiger partial charge in [-0.1, -0.05) is 33.6 Å². The predicted molar refractivity (Wildman–Crippen MR) is 72.1 cm³/mol. The van der Waals surface area contributed by atoms with Crippen LogP contribution in [0, 0.1) is 5.92 Å². The Balaban J connectivity index is 2.52. The van der Waals surface area contributed by atoms with Crippen LogP contribution in [-0.2, 0) is 9.59 Å². The molecule has 1 fully saturated rings. The summed E-state index contributed by atoms with van der Waals surface area (Å²) in [7, 11) is 0. The average Bonchev–Trinajstić information content (AvgIpc) is 2.30. The van der Waals surface area contributed by atoms with Crippen molar-refractivity contribution in [3.63, 3.8) is 0 Å². The molecule has 0 aromatic rings. The van der Waals surface area contributed by atoms with E-state index in [1.165, 1.54) is 6.42 Å². The third-order valence-electron chi connectivity index (χ3n) is 3.51. The van der Waals surface area contributed by atoms with Gasteiger partial charge in [-0.2, -0.15) is 0 Å². The van der Waals surface area contributed by atoms with Gasteiger partial charge in [0.1, 0.15) is 12.1 Å². The molecule has 4 heteroatoms. The average molecular weight is 254 g/mol. The zero-order valence-corrected chi connectivity index (χ0v) is 12.0. The molecule has 1 heterocycles. The fourth-order valence-corrected chi connectivity index (χ4v) is 2.42. The largest absolute Gasteiger partial charge is 0.343 e. The van der Waals surface area contributed by atoms with E-state index in [2.05, 4.69) is 19.2 Å². The molecule has 0 saturated carbocycles. The summed E-state index contributed by atoms with van der Waals surface area (Å²) < 4.78 is 0. The fourth-order valence-electron chi connectivity index (χ4n) is 2.42. The van der Waals surface area contributed by atoms with Crippen molar-refractivity contribution in [2.75, 3.05) is 6.54 Å². The maximum atomic E-state index is 12.1. The third-order valence-corrected chi connectivity index (χ3v) is 3.51. The van der Waals surface area contributed by atoms with Gasteiger partial charge in [0.2, 0.25) is 11.8 Å². The fraction of sp³-hybridized carbons (Fsp3) is 0.857. The molecule has 0 radical (unpaired) electrons. The van der Waals surface area contributed by atoms with E-state index in [0.717, 1.165) is 12.8 Å².